The summed E-state index contributed by atoms with van der Waals surface area (Å²) in [6.07, 6.45) is 0. The SMILES string of the molecule is COc1cccc(CNC(=O)N2CCN(S(=O)(=O)c3ccccc3C#N)CC2)c1. The zero-order valence-electron chi connectivity index (χ0n) is 16.0. The molecule has 1 aliphatic heterocycles. The molecule has 2 amide bonds. The molecule has 0 radical (unpaired) electrons. The van der Waals surface area contributed by atoms with E-state index in [2.05, 4.69) is 5.32 Å². The van der Waals surface area contributed by atoms with E-state index in [0.29, 0.717) is 12.3 Å². The molecule has 29 heavy (non-hydrogen) atoms. The van der Waals surface area contributed by atoms with Crippen molar-refractivity contribution in [1.82, 2.24) is 14.5 Å². The van der Waals surface area contributed by atoms with E-state index in [-0.39, 0.29) is 42.7 Å². The molecule has 1 aliphatic rings. The zero-order valence-corrected chi connectivity index (χ0v) is 16.9. The van der Waals surface area contributed by atoms with Crippen molar-refractivity contribution in [2.24, 2.45) is 0 Å². The van der Waals surface area contributed by atoms with Gasteiger partial charge in [-0.2, -0.15) is 9.57 Å². The van der Waals surface area contributed by atoms with Gasteiger partial charge in [0.25, 0.3) is 0 Å². The van der Waals surface area contributed by atoms with Gasteiger partial charge >= 0.3 is 6.03 Å². The van der Waals surface area contributed by atoms with Crippen LogP contribution in [-0.2, 0) is 16.6 Å². The van der Waals surface area contributed by atoms with Crippen LogP contribution in [0.2, 0.25) is 0 Å². The molecule has 2 aromatic rings. The van der Waals surface area contributed by atoms with Gasteiger partial charge < -0.3 is 15.0 Å². The zero-order chi connectivity index (χ0) is 20.9. The van der Waals surface area contributed by atoms with Crippen molar-refractivity contribution < 1.29 is 17.9 Å². The molecule has 0 bridgehead atoms. The molecule has 0 atom stereocenters. The number of hydrogen-bond donors (Lipinski definition) is 1. The van der Waals surface area contributed by atoms with Gasteiger partial charge in [0.1, 0.15) is 11.8 Å². The van der Waals surface area contributed by atoms with Crippen molar-refractivity contribution in [1.29, 1.82) is 5.26 Å². The Balaban J connectivity index is 1.58. The van der Waals surface area contributed by atoms with Crippen molar-refractivity contribution in [3.8, 4) is 11.8 Å². The molecule has 1 fully saturated rings. The summed E-state index contributed by atoms with van der Waals surface area (Å²) >= 11 is 0. The number of ether oxygens (including phenoxy) is 1. The van der Waals surface area contributed by atoms with E-state index < -0.39 is 10.0 Å². The molecule has 8 nitrogen and oxygen atoms in total. The van der Waals surface area contributed by atoms with Gasteiger partial charge in [0, 0.05) is 32.7 Å². The van der Waals surface area contributed by atoms with Crippen LogP contribution >= 0.6 is 0 Å². The molecule has 3 rings (SSSR count). The number of nitriles is 1. The monoisotopic (exact) mass is 414 g/mol. The minimum absolute atomic E-state index is 0.00146. The van der Waals surface area contributed by atoms with Crippen LogP contribution in [0, 0.1) is 11.3 Å². The van der Waals surface area contributed by atoms with E-state index in [4.69, 9.17) is 4.74 Å². The Bertz CT molecular complexity index is 1020. The number of sulfonamides is 1. The predicted molar refractivity (Wildman–Crippen MR) is 107 cm³/mol. The van der Waals surface area contributed by atoms with Gasteiger partial charge in [0.05, 0.1) is 17.6 Å². The molecule has 9 heteroatoms. The number of methoxy groups -OCH3 is 1. The third-order valence-corrected chi connectivity index (χ3v) is 6.69. The highest BCUT2D eigenvalue weighted by Gasteiger charge is 2.31. The first-order valence-electron chi connectivity index (χ1n) is 9.10. The standard InChI is InChI=1S/C20H22N4O4S/c1-28-18-7-4-5-16(13-18)15-22-20(25)23-9-11-24(12-10-23)29(26,27)19-8-3-2-6-17(19)14-21/h2-8,13H,9-12,15H2,1H3,(H,22,25). The Labute approximate surface area is 170 Å². The molecule has 0 saturated carbocycles. The number of piperazine rings is 1. The number of amides is 2. The second-order valence-electron chi connectivity index (χ2n) is 6.51. The molecular weight excluding hydrogens is 392 g/mol. The molecular formula is C20H22N4O4S. The van der Waals surface area contributed by atoms with Gasteiger partial charge in [0.2, 0.25) is 10.0 Å². The molecule has 0 aliphatic carbocycles. The van der Waals surface area contributed by atoms with Gasteiger partial charge in [-0.05, 0) is 29.8 Å². The van der Waals surface area contributed by atoms with Crippen LogP contribution in [0.3, 0.4) is 0 Å². The molecule has 0 spiro atoms. The molecule has 0 unspecified atom stereocenters. The first kappa shape index (κ1) is 20.6. The lowest BCUT2D eigenvalue weighted by molar-refractivity contribution is 0.172. The molecule has 1 saturated heterocycles. The van der Waals surface area contributed by atoms with Crippen LogP contribution in [0.1, 0.15) is 11.1 Å². The molecule has 1 N–H and O–H groups in total. The van der Waals surface area contributed by atoms with Gasteiger partial charge in [-0.25, -0.2) is 13.2 Å². The van der Waals surface area contributed by atoms with Crippen molar-refractivity contribution in [2.45, 2.75) is 11.4 Å². The first-order valence-corrected chi connectivity index (χ1v) is 10.5. The second kappa shape index (κ2) is 8.94. The lowest BCUT2D eigenvalue weighted by atomic mass is 10.2. The molecule has 1 heterocycles. The Kier molecular flexibility index (Phi) is 6.36. The van der Waals surface area contributed by atoms with E-state index >= 15 is 0 Å². The van der Waals surface area contributed by atoms with E-state index in [9.17, 15) is 18.5 Å². The maximum Gasteiger partial charge on any atom is 0.317 e. The average Bonchev–Trinajstić information content (AvgIpc) is 2.77. The molecule has 0 aromatic heterocycles. The van der Waals surface area contributed by atoms with Crippen LogP contribution in [-0.4, -0.2) is 56.9 Å². The fourth-order valence-corrected chi connectivity index (χ4v) is 4.69. The summed E-state index contributed by atoms with van der Waals surface area (Å²) in [5, 5.41) is 12.0. The highest BCUT2D eigenvalue weighted by molar-refractivity contribution is 7.89. The fourth-order valence-electron chi connectivity index (χ4n) is 3.13. The van der Waals surface area contributed by atoms with Gasteiger partial charge in [0.15, 0.2) is 0 Å². The van der Waals surface area contributed by atoms with Crippen LogP contribution in [0.25, 0.3) is 0 Å². The summed E-state index contributed by atoms with van der Waals surface area (Å²) in [4.78, 5) is 14.0. The highest BCUT2D eigenvalue weighted by atomic mass is 32.2. The topological polar surface area (TPSA) is 103 Å². The van der Waals surface area contributed by atoms with Crippen LogP contribution < -0.4 is 10.1 Å². The number of nitrogens with zero attached hydrogens (tertiary/aromatic N) is 3. The van der Waals surface area contributed by atoms with E-state index in [1.165, 1.54) is 16.4 Å². The number of rotatable bonds is 5. The molecule has 2 aromatic carbocycles. The summed E-state index contributed by atoms with van der Waals surface area (Å²) in [6.45, 7) is 1.25. The number of carbonyl (C=O) groups is 1. The Morgan fingerprint density at radius 1 is 1.14 bits per heavy atom. The summed E-state index contributed by atoms with van der Waals surface area (Å²) in [6, 6.07) is 15.2. The van der Waals surface area contributed by atoms with Gasteiger partial charge in [-0.1, -0.05) is 24.3 Å². The van der Waals surface area contributed by atoms with Crippen LogP contribution in [0.4, 0.5) is 4.79 Å². The van der Waals surface area contributed by atoms with Crippen molar-refractivity contribution >= 4 is 16.1 Å². The van der Waals surface area contributed by atoms with Gasteiger partial charge in [-0.3, -0.25) is 0 Å². The maximum absolute atomic E-state index is 12.9. The lowest BCUT2D eigenvalue weighted by Crippen LogP contribution is -2.53. The highest BCUT2D eigenvalue weighted by Crippen LogP contribution is 2.21. The number of hydrogen-bond acceptors (Lipinski definition) is 5. The summed E-state index contributed by atoms with van der Waals surface area (Å²) in [5.74, 6) is 0.716. The van der Waals surface area contributed by atoms with Gasteiger partial charge in [-0.15, -0.1) is 0 Å². The van der Waals surface area contributed by atoms with E-state index in [1.54, 1.807) is 24.1 Å². The largest absolute Gasteiger partial charge is 0.497 e. The summed E-state index contributed by atoms with van der Waals surface area (Å²) < 4.78 is 32.2. The van der Waals surface area contributed by atoms with Crippen molar-refractivity contribution in [3.63, 3.8) is 0 Å². The van der Waals surface area contributed by atoms with Crippen LogP contribution in [0.15, 0.2) is 53.4 Å². The summed E-state index contributed by atoms with van der Waals surface area (Å²) in [5.41, 5.74) is 1.03. The lowest BCUT2D eigenvalue weighted by Gasteiger charge is -2.34. The van der Waals surface area contributed by atoms with Crippen molar-refractivity contribution in [3.05, 3.63) is 59.7 Å². The Hall–Kier alpha value is -3.09. The average molecular weight is 414 g/mol. The van der Waals surface area contributed by atoms with E-state index in [1.807, 2.05) is 30.3 Å². The third-order valence-electron chi connectivity index (χ3n) is 4.73. The first-order chi connectivity index (χ1) is 14.0. The third kappa shape index (κ3) is 4.67. The summed E-state index contributed by atoms with van der Waals surface area (Å²) in [7, 11) is -2.19. The minimum Gasteiger partial charge on any atom is -0.497 e. The smallest absolute Gasteiger partial charge is 0.317 e. The minimum atomic E-state index is -3.78. The van der Waals surface area contributed by atoms with Crippen molar-refractivity contribution in [2.75, 3.05) is 33.3 Å². The maximum atomic E-state index is 12.9. The quantitative estimate of drug-likeness (QED) is 0.803. The fraction of sp³-hybridized carbons (Fsp3) is 0.300. The number of nitrogens with one attached hydrogen (secondary N) is 1. The van der Waals surface area contributed by atoms with E-state index in [0.717, 1.165) is 5.56 Å². The predicted octanol–water partition coefficient (Wildman–Crippen LogP) is 1.78. The molecule has 152 valence electrons. The Morgan fingerprint density at radius 3 is 2.55 bits per heavy atom. The number of carbonyl (C=O) groups excluding carboxylic acids is 1. The second-order valence-corrected chi connectivity index (χ2v) is 8.42. The normalized spacial score (nSPS) is 14.8. The number of benzene rings is 2. The number of urea groups is 1. The Morgan fingerprint density at radius 2 is 1.86 bits per heavy atom. The van der Waals surface area contributed by atoms with Crippen LogP contribution in [0.5, 0.6) is 5.75 Å².